The molecular formula is C18H16N2O3. The fraction of sp³-hybridized carbons (Fsp3) is 0.111. The molecule has 1 aliphatic rings. The van der Waals surface area contributed by atoms with Crippen LogP contribution in [0.25, 0.3) is 0 Å². The predicted molar refractivity (Wildman–Crippen MR) is 88.5 cm³/mol. The van der Waals surface area contributed by atoms with Crippen LogP contribution >= 0.6 is 0 Å². The van der Waals surface area contributed by atoms with Crippen molar-refractivity contribution in [3.8, 4) is 0 Å². The number of carbonyl (C=O) groups is 1. The van der Waals surface area contributed by atoms with E-state index in [0.717, 1.165) is 5.56 Å². The fourth-order valence-corrected chi connectivity index (χ4v) is 2.39. The molecule has 5 heteroatoms. The van der Waals surface area contributed by atoms with Crippen molar-refractivity contribution >= 4 is 23.0 Å². The molecule has 0 aromatic heterocycles. The minimum atomic E-state index is -0.412. The van der Waals surface area contributed by atoms with Gasteiger partial charge in [0, 0.05) is 12.1 Å². The molecule has 0 saturated carbocycles. The second kappa shape index (κ2) is 5.96. The van der Waals surface area contributed by atoms with E-state index >= 15 is 0 Å². The zero-order valence-corrected chi connectivity index (χ0v) is 12.9. The number of methoxy groups -OCH3 is 1. The Hall–Kier alpha value is -3.08. The van der Waals surface area contributed by atoms with Crippen LogP contribution in [0, 0.1) is 12.1 Å². The Bertz CT molecular complexity index is 793. The third-order valence-corrected chi connectivity index (χ3v) is 3.61. The second-order valence-electron chi connectivity index (χ2n) is 5.18. The molecule has 0 fully saturated rings. The van der Waals surface area contributed by atoms with Gasteiger partial charge < -0.3 is 9.94 Å². The summed E-state index contributed by atoms with van der Waals surface area (Å²) in [6.45, 7) is 1.97. The maximum Gasteiger partial charge on any atom is 0.331 e. The Morgan fingerprint density at radius 3 is 2.30 bits per heavy atom. The minimum Gasteiger partial charge on any atom is -0.618 e. The highest BCUT2D eigenvalue weighted by atomic mass is 16.5. The molecule has 0 radical (unpaired) electrons. The van der Waals surface area contributed by atoms with Gasteiger partial charge >= 0.3 is 5.91 Å². The number of ether oxygens (including phenoxy) is 1. The van der Waals surface area contributed by atoms with Crippen LogP contribution < -0.4 is 4.90 Å². The van der Waals surface area contributed by atoms with Crippen molar-refractivity contribution in [1.29, 1.82) is 0 Å². The second-order valence-corrected chi connectivity index (χ2v) is 5.18. The zero-order chi connectivity index (χ0) is 16.4. The third kappa shape index (κ3) is 2.68. The lowest BCUT2D eigenvalue weighted by Crippen LogP contribution is -2.31. The van der Waals surface area contributed by atoms with E-state index in [1.165, 1.54) is 18.1 Å². The first-order valence-electron chi connectivity index (χ1n) is 7.18. The van der Waals surface area contributed by atoms with Gasteiger partial charge in [0.05, 0.1) is 18.9 Å². The first-order valence-corrected chi connectivity index (χ1v) is 7.18. The molecule has 0 unspecified atom stereocenters. The molecule has 0 aliphatic carbocycles. The lowest BCUT2D eigenvalue weighted by molar-refractivity contribution is -0.358. The minimum absolute atomic E-state index is 0.0219. The van der Waals surface area contributed by atoms with E-state index in [0.29, 0.717) is 22.0 Å². The van der Waals surface area contributed by atoms with Crippen molar-refractivity contribution in [2.75, 3.05) is 12.0 Å². The zero-order valence-electron chi connectivity index (χ0n) is 12.9. The SMILES string of the molecule is COC1=C/C(=[N+](/[O-])c2ccccc2)C(=O)N1c1ccc(C)cc1. The Kier molecular flexibility index (Phi) is 3.85. The Balaban J connectivity index is 2.05. The van der Waals surface area contributed by atoms with E-state index in [1.807, 2.05) is 37.3 Å². The lowest BCUT2D eigenvalue weighted by atomic mass is 10.2. The van der Waals surface area contributed by atoms with Crippen LogP contribution in [-0.2, 0) is 9.53 Å². The quantitative estimate of drug-likeness (QED) is 0.497. The van der Waals surface area contributed by atoms with Gasteiger partial charge in [-0.3, -0.25) is 4.79 Å². The van der Waals surface area contributed by atoms with Crippen molar-refractivity contribution in [3.63, 3.8) is 0 Å². The highest BCUT2D eigenvalue weighted by Crippen LogP contribution is 2.26. The molecule has 0 saturated heterocycles. The summed E-state index contributed by atoms with van der Waals surface area (Å²) in [7, 11) is 1.47. The Morgan fingerprint density at radius 2 is 1.70 bits per heavy atom. The largest absolute Gasteiger partial charge is 0.618 e. The molecule has 2 aromatic rings. The summed E-state index contributed by atoms with van der Waals surface area (Å²) in [5, 5.41) is 12.5. The Morgan fingerprint density at radius 1 is 1.04 bits per heavy atom. The standard InChI is InChI=1S/C18H16N2O3/c1-13-8-10-14(11-9-13)19-17(23-2)12-16(18(19)21)20(22)15-6-4-3-5-7-15/h3-12H,1-2H3/b20-16-. The van der Waals surface area contributed by atoms with E-state index in [-0.39, 0.29) is 5.71 Å². The molecule has 0 spiro atoms. The molecule has 0 bridgehead atoms. The smallest absolute Gasteiger partial charge is 0.331 e. The number of carbonyl (C=O) groups excluding carboxylic acids is 1. The molecule has 0 N–H and O–H groups in total. The van der Waals surface area contributed by atoms with E-state index in [9.17, 15) is 10.0 Å². The van der Waals surface area contributed by atoms with Crippen molar-refractivity contribution in [2.24, 2.45) is 0 Å². The van der Waals surface area contributed by atoms with Crippen LogP contribution in [-0.4, -0.2) is 23.5 Å². The molecule has 1 aliphatic heterocycles. The van der Waals surface area contributed by atoms with E-state index < -0.39 is 5.91 Å². The van der Waals surface area contributed by atoms with Crippen molar-refractivity contribution < 1.29 is 14.3 Å². The molecule has 1 amide bonds. The molecule has 0 atom stereocenters. The number of hydrogen-bond donors (Lipinski definition) is 0. The monoisotopic (exact) mass is 308 g/mol. The topological polar surface area (TPSA) is 55.6 Å². The van der Waals surface area contributed by atoms with Crippen LogP contribution in [0.2, 0.25) is 0 Å². The summed E-state index contributed by atoms with van der Waals surface area (Å²) >= 11 is 0. The van der Waals surface area contributed by atoms with E-state index in [2.05, 4.69) is 0 Å². The summed E-state index contributed by atoms with van der Waals surface area (Å²) < 4.78 is 5.90. The van der Waals surface area contributed by atoms with Gasteiger partial charge in [-0.25, -0.2) is 4.90 Å². The maximum atomic E-state index is 12.7. The fourth-order valence-electron chi connectivity index (χ4n) is 2.39. The van der Waals surface area contributed by atoms with Gasteiger partial charge in [0.15, 0.2) is 0 Å². The van der Waals surface area contributed by atoms with Gasteiger partial charge in [0.25, 0.3) is 5.71 Å². The summed E-state index contributed by atoms with van der Waals surface area (Å²) in [5.41, 5.74) is 2.16. The number of nitrogens with zero attached hydrogens (tertiary/aromatic N) is 2. The highest BCUT2D eigenvalue weighted by Gasteiger charge is 2.37. The normalized spacial score (nSPS) is 16.3. The highest BCUT2D eigenvalue weighted by molar-refractivity contribution is 6.49. The average Bonchev–Trinajstić information content (AvgIpc) is 2.92. The third-order valence-electron chi connectivity index (χ3n) is 3.61. The van der Waals surface area contributed by atoms with Crippen molar-refractivity contribution in [3.05, 3.63) is 77.3 Å². The van der Waals surface area contributed by atoms with Gasteiger partial charge in [-0.1, -0.05) is 35.9 Å². The summed E-state index contributed by atoms with van der Waals surface area (Å²) in [6, 6.07) is 16.1. The first-order chi connectivity index (χ1) is 11.1. The Labute approximate surface area is 134 Å². The van der Waals surface area contributed by atoms with Crippen LogP contribution in [0.4, 0.5) is 11.4 Å². The van der Waals surface area contributed by atoms with Gasteiger partial charge in [0.1, 0.15) is 0 Å². The number of benzene rings is 2. The van der Waals surface area contributed by atoms with Crippen LogP contribution in [0.5, 0.6) is 0 Å². The lowest BCUT2D eigenvalue weighted by Gasteiger charge is -2.18. The molecule has 116 valence electrons. The predicted octanol–water partition coefficient (Wildman–Crippen LogP) is 3.11. The number of rotatable bonds is 3. The first kappa shape index (κ1) is 14.8. The van der Waals surface area contributed by atoms with Gasteiger partial charge in [-0.2, -0.15) is 4.74 Å². The summed E-state index contributed by atoms with van der Waals surface area (Å²) in [6.07, 6.45) is 1.46. The molecule has 23 heavy (non-hydrogen) atoms. The molecule has 1 heterocycles. The number of anilines is 1. The van der Waals surface area contributed by atoms with Crippen molar-refractivity contribution in [2.45, 2.75) is 6.92 Å². The van der Waals surface area contributed by atoms with Gasteiger partial charge in [-0.05, 0) is 19.1 Å². The number of para-hydroxylation sites is 1. The molecular weight excluding hydrogens is 292 g/mol. The van der Waals surface area contributed by atoms with Crippen molar-refractivity contribution in [1.82, 2.24) is 0 Å². The number of hydrogen-bond acceptors (Lipinski definition) is 3. The number of amides is 1. The molecule has 5 nitrogen and oxygen atoms in total. The van der Waals surface area contributed by atoms with E-state index in [4.69, 9.17) is 4.74 Å². The van der Waals surface area contributed by atoms with Crippen LogP contribution in [0.15, 0.2) is 66.6 Å². The molecule has 3 rings (SSSR count). The maximum absolute atomic E-state index is 12.7. The molecule has 2 aromatic carbocycles. The van der Waals surface area contributed by atoms with Crippen LogP contribution in [0.1, 0.15) is 5.56 Å². The average molecular weight is 308 g/mol. The number of aryl methyl sites for hydroxylation is 1. The summed E-state index contributed by atoms with van der Waals surface area (Å²) in [5.74, 6) is -0.0878. The van der Waals surface area contributed by atoms with Crippen LogP contribution in [0.3, 0.4) is 0 Å². The van der Waals surface area contributed by atoms with Gasteiger partial charge in [0.2, 0.25) is 11.6 Å². The summed E-state index contributed by atoms with van der Waals surface area (Å²) in [4.78, 5) is 14.1. The van der Waals surface area contributed by atoms with Gasteiger partial charge in [-0.15, -0.1) is 0 Å². The van der Waals surface area contributed by atoms with E-state index in [1.54, 1.807) is 24.3 Å².